The third kappa shape index (κ3) is 5.78. The summed E-state index contributed by atoms with van der Waals surface area (Å²) in [5.41, 5.74) is 0.209. The Balaban J connectivity index is 1.95. The van der Waals surface area contributed by atoms with Gasteiger partial charge in [-0.2, -0.15) is 0 Å². The minimum atomic E-state index is -3.63. The monoisotopic (exact) mass is 410 g/mol. The van der Waals surface area contributed by atoms with E-state index in [1.54, 1.807) is 11.8 Å². The summed E-state index contributed by atoms with van der Waals surface area (Å²) in [6, 6.07) is 5.55. The number of hydrogen-bond acceptors (Lipinski definition) is 5. The predicted molar refractivity (Wildman–Crippen MR) is 106 cm³/mol. The lowest BCUT2D eigenvalue weighted by Crippen LogP contribution is -2.45. The third-order valence-electron chi connectivity index (χ3n) is 5.11. The van der Waals surface area contributed by atoms with Gasteiger partial charge in [-0.05, 0) is 63.3 Å². The fourth-order valence-corrected chi connectivity index (χ4v) is 4.56. The van der Waals surface area contributed by atoms with Gasteiger partial charge in [0.15, 0.2) is 6.61 Å². The quantitative estimate of drug-likeness (QED) is 0.665. The molecule has 1 fully saturated rings. The largest absolute Gasteiger partial charge is 0.452 e. The Labute approximate surface area is 167 Å². The zero-order valence-corrected chi connectivity index (χ0v) is 17.6. The number of likely N-dealkylation sites (tertiary alicyclic amines) is 1. The zero-order valence-electron chi connectivity index (χ0n) is 16.8. The Kier molecular flexibility index (Phi) is 8.00. The summed E-state index contributed by atoms with van der Waals surface area (Å²) in [6.45, 7) is 6.12. The highest BCUT2D eigenvalue weighted by molar-refractivity contribution is 7.89. The van der Waals surface area contributed by atoms with Gasteiger partial charge in [-0.25, -0.2) is 17.9 Å². The average molecular weight is 411 g/mol. The summed E-state index contributed by atoms with van der Waals surface area (Å²) in [5, 5.41) is 0. The van der Waals surface area contributed by atoms with Crippen molar-refractivity contribution in [3.63, 3.8) is 0 Å². The number of esters is 1. The molecule has 2 rings (SSSR count). The molecule has 1 aromatic rings. The number of carbonyl (C=O) groups excluding carboxylic acids is 2. The lowest BCUT2D eigenvalue weighted by atomic mass is 10.00. The molecule has 1 aliphatic rings. The van der Waals surface area contributed by atoms with Crippen molar-refractivity contribution in [1.29, 1.82) is 0 Å². The molecule has 0 spiro atoms. The molecular formula is C20H30N2O5S. The fraction of sp³-hybridized carbons (Fsp3) is 0.600. The molecule has 1 saturated heterocycles. The number of piperidine rings is 1. The molecule has 1 amide bonds. The lowest BCUT2D eigenvalue weighted by molar-refractivity contribution is -0.138. The highest BCUT2D eigenvalue weighted by atomic mass is 32.2. The second-order valence-electron chi connectivity index (χ2n) is 7.18. The highest BCUT2D eigenvalue weighted by Crippen LogP contribution is 2.19. The molecule has 0 unspecified atom stereocenters. The van der Waals surface area contributed by atoms with Crippen LogP contribution in [0.1, 0.15) is 63.2 Å². The first kappa shape index (κ1) is 22.4. The second kappa shape index (κ2) is 10.0. The van der Waals surface area contributed by atoms with Gasteiger partial charge in [0.1, 0.15) is 0 Å². The smallest absolute Gasteiger partial charge is 0.338 e. The maximum Gasteiger partial charge on any atom is 0.338 e. The van der Waals surface area contributed by atoms with E-state index in [2.05, 4.69) is 4.72 Å². The molecule has 0 radical (unpaired) electrons. The Hall–Kier alpha value is -1.93. The number of amides is 1. The molecular weight excluding hydrogens is 380 g/mol. The van der Waals surface area contributed by atoms with E-state index in [-0.39, 0.29) is 35.1 Å². The number of nitrogens with zero attached hydrogens (tertiary/aromatic N) is 1. The molecule has 0 aromatic heterocycles. The summed E-state index contributed by atoms with van der Waals surface area (Å²) in [5.74, 6) is -0.825. The second-order valence-corrected chi connectivity index (χ2v) is 8.89. The van der Waals surface area contributed by atoms with Crippen molar-refractivity contribution in [2.45, 2.75) is 69.9 Å². The Morgan fingerprint density at radius 1 is 1.21 bits per heavy atom. The Bertz CT molecular complexity index is 776. The van der Waals surface area contributed by atoms with Crippen LogP contribution in [0.5, 0.6) is 0 Å². The SMILES string of the molecule is CC[C@@H]1CCCCN1C(=O)COC(=O)c1ccc(S(=O)(=O)N[C@@H](C)CC)cc1. The average Bonchev–Trinajstić information content (AvgIpc) is 2.71. The Morgan fingerprint density at radius 3 is 2.50 bits per heavy atom. The van der Waals surface area contributed by atoms with Crippen molar-refractivity contribution in [3.05, 3.63) is 29.8 Å². The number of benzene rings is 1. The van der Waals surface area contributed by atoms with E-state index < -0.39 is 16.0 Å². The predicted octanol–water partition coefficient (Wildman–Crippen LogP) is 2.71. The van der Waals surface area contributed by atoms with Crippen LogP contribution in [0.2, 0.25) is 0 Å². The van der Waals surface area contributed by atoms with E-state index in [9.17, 15) is 18.0 Å². The van der Waals surface area contributed by atoms with Crippen molar-refractivity contribution >= 4 is 21.9 Å². The number of rotatable bonds is 8. The van der Waals surface area contributed by atoms with E-state index in [0.29, 0.717) is 13.0 Å². The van der Waals surface area contributed by atoms with Crippen molar-refractivity contribution in [2.24, 2.45) is 0 Å². The lowest BCUT2D eigenvalue weighted by Gasteiger charge is -2.35. The molecule has 2 atom stereocenters. The maximum atomic E-state index is 12.4. The normalized spacial score (nSPS) is 18.5. The number of hydrogen-bond donors (Lipinski definition) is 1. The van der Waals surface area contributed by atoms with E-state index >= 15 is 0 Å². The van der Waals surface area contributed by atoms with Gasteiger partial charge in [-0.15, -0.1) is 0 Å². The number of ether oxygens (including phenoxy) is 1. The minimum absolute atomic E-state index is 0.0829. The molecule has 1 heterocycles. The molecule has 156 valence electrons. The molecule has 1 aromatic carbocycles. The van der Waals surface area contributed by atoms with Gasteiger partial charge in [0, 0.05) is 18.6 Å². The van der Waals surface area contributed by atoms with Gasteiger partial charge in [0.05, 0.1) is 10.5 Å². The van der Waals surface area contributed by atoms with Crippen LogP contribution < -0.4 is 4.72 Å². The topological polar surface area (TPSA) is 92.8 Å². The standard InChI is InChI=1S/C20H30N2O5S/c1-4-15(3)21-28(25,26)18-11-9-16(10-12-18)20(24)27-14-19(23)22-13-7-6-8-17(22)5-2/h9-12,15,17,21H,4-8,13-14H2,1-3H3/t15-,17+/m0/s1. The van der Waals surface area contributed by atoms with Gasteiger partial charge >= 0.3 is 5.97 Å². The molecule has 0 aliphatic carbocycles. The number of nitrogens with one attached hydrogen (secondary N) is 1. The van der Waals surface area contributed by atoms with Crippen molar-refractivity contribution in [2.75, 3.05) is 13.2 Å². The van der Waals surface area contributed by atoms with Crippen LogP contribution in [0.25, 0.3) is 0 Å². The van der Waals surface area contributed by atoms with Crippen LogP contribution in [0.4, 0.5) is 0 Å². The van der Waals surface area contributed by atoms with Gasteiger partial charge in [-0.1, -0.05) is 13.8 Å². The van der Waals surface area contributed by atoms with Gasteiger partial charge < -0.3 is 9.64 Å². The third-order valence-corrected chi connectivity index (χ3v) is 6.72. The van der Waals surface area contributed by atoms with Crippen LogP contribution in [-0.4, -0.2) is 50.4 Å². The van der Waals surface area contributed by atoms with Crippen molar-refractivity contribution < 1.29 is 22.7 Å². The molecule has 0 bridgehead atoms. The number of carbonyl (C=O) groups is 2. The van der Waals surface area contributed by atoms with Gasteiger partial charge in [-0.3, -0.25) is 4.79 Å². The van der Waals surface area contributed by atoms with E-state index in [0.717, 1.165) is 25.7 Å². The summed E-state index contributed by atoms with van der Waals surface area (Å²) in [7, 11) is -3.63. The van der Waals surface area contributed by atoms with Crippen LogP contribution in [-0.2, 0) is 19.6 Å². The highest BCUT2D eigenvalue weighted by Gasteiger charge is 2.26. The van der Waals surface area contributed by atoms with Crippen molar-refractivity contribution in [1.82, 2.24) is 9.62 Å². The molecule has 0 saturated carbocycles. The minimum Gasteiger partial charge on any atom is -0.452 e. The Morgan fingerprint density at radius 2 is 1.89 bits per heavy atom. The number of sulfonamides is 1. The van der Waals surface area contributed by atoms with Crippen LogP contribution in [0.15, 0.2) is 29.2 Å². The van der Waals surface area contributed by atoms with Crippen LogP contribution in [0.3, 0.4) is 0 Å². The molecule has 1 aliphatic heterocycles. The summed E-state index contributed by atoms with van der Waals surface area (Å²) in [4.78, 5) is 26.5. The van der Waals surface area contributed by atoms with Crippen LogP contribution in [0, 0.1) is 0 Å². The first-order valence-corrected chi connectivity index (χ1v) is 11.4. The van der Waals surface area contributed by atoms with Crippen LogP contribution >= 0.6 is 0 Å². The molecule has 8 heteroatoms. The van der Waals surface area contributed by atoms with Gasteiger partial charge in [0.2, 0.25) is 10.0 Å². The zero-order chi connectivity index (χ0) is 20.7. The molecule has 28 heavy (non-hydrogen) atoms. The van der Waals surface area contributed by atoms with E-state index in [1.807, 2.05) is 13.8 Å². The van der Waals surface area contributed by atoms with Crippen molar-refractivity contribution in [3.8, 4) is 0 Å². The first-order chi connectivity index (χ1) is 13.3. The fourth-order valence-electron chi connectivity index (χ4n) is 3.23. The van der Waals surface area contributed by atoms with Gasteiger partial charge in [0.25, 0.3) is 5.91 Å². The van der Waals surface area contributed by atoms with E-state index in [1.165, 1.54) is 24.3 Å². The first-order valence-electron chi connectivity index (χ1n) is 9.87. The maximum absolute atomic E-state index is 12.4. The summed E-state index contributed by atoms with van der Waals surface area (Å²) in [6.07, 6.45) is 4.63. The molecule has 7 nitrogen and oxygen atoms in total. The van der Waals surface area contributed by atoms with E-state index in [4.69, 9.17) is 4.74 Å². The summed E-state index contributed by atoms with van der Waals surface area (Å²) >= 11 is 0. The molecule has 1 N–H and O–H groups in total. The summed E-state index contributed by atoms with van der Waals surface area (Å²) < 4.78 is 32.2.